The van der Waals surface area contributed by atoms with E-state index < -0.39 is 0 Å². The lowest BCUT2D eigenvalue weighted by Gasteiger charge is -2.30. The van der Waals surface area contributed by atoms with Crippen molar-refractivity contribution in [2.75, 3.05) is 47.0 Å². The lowest BCUT2D eigenvalue weighted by molar-refractivity contribution is -0.113. The molecule has 0 aliphatic carbocycles. The summed E-state index contributed by atoms with van der Waals surface area (Å²) in [6, 6.07) is 6.19. The molecular formula is C24H32N6OS2. The first-order chi connectivity index (χ1) is 16.0. The van der Waals surface area contributed by atoms with Gasteiger partial charge in [0.05, 0.1) is 5.75 Å². The van der Waals surface area contributed by atoms with Crippen LogP contribution in [0.3, 0.4) is 0 Å². The number of carbonyl (C=O) groups is 1. The first-order valence-corrected chi connectivity index (χ1v) is 13.4. The highest BCUT2D eigenvalue weighted by Gasteiger charge is 2.21. The van der Waals surface area contributed by atoms with Crippen LogP contribution in [0.1, 0.15) is 39.2 Å². The van der Waals surface area contributed by atoms with Crippen LogP contribution in [0, 0.1) is 12.8 Å². The normalized spacial score (nSPS) is 16.2. The van der Waals surface area contributed by atoms with Crippen LogP contribution in [0.2, 0.25) is 0 Å². The zero-order chi connectivity index (χ0) is 23.4. The van der Waals surface area contributed by atoms with Gasteiger partial charge in [0.2, 0.25) is 5.91 Å². The molecule has 9 heteroatoms. The van der Waals surface area contributed by atoms with Gasteiger partial charge in [-0.25, -0.2) is 9.97 Å². The third-order valence-corrected chi connectivity index (χ3v) is 8.26. The number of thiazole rings is 1. The van der Waals surface area contributed by atoms with Crippen LogP contribution in [0.5, 0.6) is 0 Å². The Bertz CT molecular complexity index is 1110. The van der Waals surface area contributed by atoms with Crippen LogP contribution >= 0.6 is 23.1 Å². The number of benzene rings is 1. The van der Waals surface area contributed by atoms with Crippen molar-refractivity contribution in [2.45, 2.75) is 45.6 Å². The lowest BCUT2D eigenvalue weighted by Crippen LogP contribution is -2.34. The van der Waals surface area contributed by atoms with Crippen molar-refractivity contribution < 1.29 is 4.79 Å². The molecule has 1 fully saturated rings. The number of carbonyl (C=O) groups excluding carboxylic acids is 1. The summed E-state index contributed by atoms with van der Waals surface area (Å²) in [6.45, 7) is 12.6. The number of nitrogens with one attached hydrogen (secondary N) is 1. The summed E-state index contributed by atoms with van der Waals surface area (Å²) in [5.74, 6) is 0.927. The van der Waals surface area contributed by atoms with Crippen molar-refractivity contribution in [1.29, 1.82) is 0 Å². The average molecular weight is 485 g/mol. The van der Waals surface area contributed by atoms with E-state index in [2.05, 4.69) is 58.0 Å². The van der Waals surface area contributed by atoms with Gasteiger partial charge in [0.1, 0.15) is 16.1 Å². The maximum absolute atomic E-state index is 12.7. The van der Waals surface area contributed by atoms with Crippen LogP contribution < -0.4 is 15.1 Å². The quantitative estimate of drug-likeness (QED) is 0.348. The van der Waals surface area contributed by atoms with Crippen LogP contribution in [-0.2, 0) is 4.79 Å². The SMILES string of the molecule is CCN(CC)c1ccc(NC(=O)CSc2ncnc3nc(N4CCC[C@H](C)C4)sc23)c(C)c1. The molecule has 0 bridgehead atoms. The van der Waals surface area contributed by atoms with E-state index in [0.717, 1.165) is 52.3 Å². The topological polar surface area (TPSA) is 74.2 Å². The molecule has 1 saturated heterocycles. The number of aryl methyl sites for hydroxylation is 1. The summed E-state index contributed by atoms with van der Waals surface area (Å²) in [4.78, 5) is 30.9. The Morgan fingerprint density at radius 1 is 1.30 bits per heavy atom. The molecule has 1 aliphatic rings. The highest BCUT2D eigenvalue weighted by atomic mass is 32.2. The number of aromatic nitrogens is 3. The summed E-state index contributed by atoms with van der Waals surface area (Å²) in [7, 11) is 0. The van der Waals surface area contributed by atoms with Crippen LogP contribution in [0.15, 0.2) is 29.6 Å². The maximum atomic E-state index is 12.7. The van der Waals surface area contributed by atoms with Gasteiger partial charge in [-0.2, -0.15) is 4.98 Å². The van der Waals surface area contributed by atoms with Crippen molar-refractivity contribution in [3.05, 3.63) is 30.1 Å². The van der Waals surface area contributed by atoms with Gasteiger partial charge in [0.15, 0.2) is 10.8 Å². The van der Waals surface area contributed by atoms with Gasteiger partial charge in [-0.15, -0.1) is 0 Å². The number of thioether (sulfide) groups is 1. The van der Waals surface area contributed by atoms with Gasteiger partial charge in [-0.1, -0.05) is 30.0 Å². The van der Waals surface area contributed by atoms with E-state index in [1.807, 2.05) is 13.0 Å². The molecule has 33 heavy (non-hydrogen) atoms. The third-order valence-electron chi connectivity index (χ3n) is 6.03. The molecule has 0 spiro atoms. The standard InChI is InChI=1S/C24H32N6OS2/c1-5-29(6-2)18-9-10-19(17(4)12-18)27-20(31)14-32-23-21-22(25-15-26-23)28-24(33-21)30-11-7-8-16(3)13-30/h9-10,12,15-16H,5-8,11,13-14H2,1-4H3,(H,27,31)/t16-/m0/s1. The van der Waals surface area contributed by atoms with Crippen molar-refractivity contribution in [3.8, 4) is 0 Å². The molecular weight excluding hydrogens is 452 g/mol. The molecule has 1 aromatic carbocycles. The number of anilines is 3. The first kappa shape index (κ1) is 23.8. The summed E-state index contributed by atoms with van der Waals surface area (Å²) in [5, 5.41) is 4.87. The molecule has 0 radical (unpaired) electrons. The molecule has 0 unspecified atom stereocenters. The Labute approximate surface area is 204 Å². The number of hydrogen-bond acceptors (Lipinski definition) is 8. The van der Waals surface area contributed by atoms with Gasteiger partial charge in [-0.05, 0) is 63.3 Å². The van der Waals surface area contributed by atoms with E-state index in [9.17, 15) is 4.79 Å². The fourth-order valence-corrected chi connectivity index (χ4v) is 6.14. The van der Waals surface area contributed by atoms with Crippen molar-refractivity contribution in [3.63, 3.8) is 0 Å². The van der Waals surface area contributed by atoms with E-state index >= 15 is 0 Å². The highest BCUT2D eigenvalue weighted by Crippen LogP contribution is 2.35. The Balaban J connectivity index is 1.41. The minimum absolute atomic E-state index is 0.0416. The lowest BCUT2D eigenvalue weighted by atomic mass is 10.0. The minimum atomic E-state index is -0.0416. The maximum Gasteiger partial charge on any atom is 0.234 e. The smallest absolute Gasteiger partial charge is 0.234 e. The van der Waals surface area contributed by atoms with Crippen molar-refractivity contribution in [2.24, 2.45) is 5.92 Å². The fraction of sp³-hybridized carbons (Fsp3) is 0.500. The second-order valence-corrected chi connectivity index (χ2v) is 10.5. The summed E-state index contributed by atoms with van der Waals surface area (Å²) >= 11 is 3.07. The van der Waals surface area contributed by atoms with Crippen molar-refractivity contribution in [1.82, 2.24) is 15.0 Å². The number of fused-ring (bicyclic) bond motifs is 1. The predicted molar refractivity (Wildman–Crippen MR) is 140 cm³/mol. The first-order valence-electron chi connectivity index (χ1n) is 11.6. The second kappa shape index (κ2) is 10.7. The number of piperidine rings is 1. The predicted octanol–water partition coefficient (Wildman–Crippen LogP) is 5.21. The third kappa shape index (κ3) is 5.58. The molecule has 2 aromatic heterocycles. The number of amides is 1. The van der Waals surface area contributed by atoms with Crippen LogP contribution in [0.25, 0.3) is 10.3 Å². The molecule has 3 aromatic rings. The summed E-state index contributed by atoms with van der Waals surface area (Å²) in [6.07, 6.45) is 4.01. The van der Waals surface area contributed by atoms with Gasteiger partial charge in [-0.3, -0.25) is 4.79 Å². The van der Waals surface area contributed by atoms with Gasteiger partial charge in [0, 0.05) is 37.6 Å². The fourth-order valence-electron chi connectivity index (χ4n) is 4.22. The summed E-state index contributed by atoms with van der Waals surface area (Å²) in [5.41, 5.74) is 3.81. The highest BCUT2D eigenvalue weighted by molar-refractivity contribution is 8.00. The Morgan fingerprint density at radius 2 is 2.12 bits per heavy atom. The number of rotatable bonds is 8. The van der Waals surface area contributed by atoms with Gasteiger partial charge >= 0.3 is 0 Å². The molecule has 1 amide bonds. The minimum Gasteiger partial charge on any atom is -0.372 e. The van der Waals surface area contributed by atoms with Crippen LogP contribution in [-0.4, -0.2) is 52.8 Å². The van der Waals surface area contributed by atoms with Crippen LogP contribution in [0.4, 0.5) is 16.5 Å². The Hall–Kier alpha value is -2.39. The molecule has 1 aliphatic heterocycles. The average Bonchev–Trinajstić information content (AvgIpc) is 3.25. The van der Waals surface area contributed by atoms with Crippen molar-refractivity contribution >= 4 is 55.9 Å². The number of hydrogen-bond donors (Lipinski definition) is 1. The summed E-state index contributed by atoms with van der Waals surface area (Å²) < 4.78 is 0.961. The second-order valence-electron chi connectivity index (χ2n) is 8.53. The largest absolute Gasteiger partial charge is 0.372 e. The van der Waals surface area contributed by atoms with E-state index in [-0.39, 0.29) is 11.7 Å². The molecule has 0 saturated carbocycles. The monoisotopic (exact) mass is 484 g/mol. The Morgan fingerprint density at radius 3 is 2.85 bits per heavy atom. The van der Waals surface area contributed by atoms with Gasteiger partial charge < -0.3 is 15.1 Å². The van der Waals surface area contributed by atoms with E-state index in [1.165, 1.54) is 30.3 Å². The van der Waals surface area contributed by atoms with E-state index in [1.54, 1.807) is 17.7 Å². The zero-order valence-corrected chi connectivity index (χ0v) is 21.4. The van der Waals surface area contributed by atoms with E-state index in [4.69, 9.17) is 4.98 Å². The molecule has 1 atom stereocenters. The molecule has 1 N–H and O–H groups in total. The molecule has 3 heterocycles. The van der Waals surface area contributed by atoms with Gasteiger partial charge in [0.25, 0.3) is 0 Å². The number of nitrogens with zero attached hydrogens (tertiary/aromatic N) is 5. The molecule has 176 valence electrons. The zero-order valence-electron chi connectivity index (χ0n) is 19.8. The molecule has 4 rings (SSSR count). The molecule has 7 nitrogen and oxygen atoms in total. The Kier molecular flexibility index (Phi) is 7.70. The van der Waals surface area contributed by atoms with E-state index in [0.29, 0.717) is 11.6 Å².